The highest BCUT2D eigenvalue weighted by Crippen LogP contribution is 2.45. The number of amides is 1. The van der Waals surface area contributed by atoms with Crippen LogP contribution in [0.4, 0.5) is 5.82 Å². The maximum absolute atomic E-state index is 12.9. The quantitative estimate of drug-likeness (QED) is 0.532. The summed E-state index contributed by atoms with van der Waals surface area (Å²) in [6, 6.07) is 3.96. The summed E-state index contributed by atoms with van der Waals surface area (Å²) in [5.41, 5.74) is 10.1. The molecule has 3 N–H and O–H groups in total. The first-order valence-corrected chi connectivity index (χ1v) is 14.4. The van der Waals surface area contributed by atoms with Crippen molar-refractivity contribution in [3.05, 3.63) is 35.9 Å². The van der Waals surface area contributed by atoms with Gasteiger partial charge in [0.05, 0.1) is 11.9 Å². The molecular formula is C25H30N6O4S. The number of aliphatic hydroxyl groups excluding tert-OH is 1. The molecule has 2 saturated heterocycles. The monoisotopic (exact) mass is 510 g/mol. The zero-order valence-corrected chi connectivity index (χ0v) is 21.0. The number of carbonyl (C=O) groups is 1. The minimum Gasteiger partial charge on any atom is -0.387 e. The van der Waals surface area contributed by atoms with E-state index in [2.05, 4.69) is 10.1 Å². The molecule has 190 valence electrons. The van der Waals surface area contributed by atoms with E-state index >= 15 is 0 Å². The van der Waals surface area contributed by atoms with Crippen molar-refractivity contribution in [3.8, 4) is 11.1 Å². The van der Waals surface area contributed by atoms with Crippen molar-refractivity contribution in [2.24, 2.45) is 0 Å². The molecule has 2 aliphatic heterocycles. The zero-order valence-electron chi connectivity index (χ0n) is 20.2. The van der Waals surface area contributed by atoms with E-state index in [0.29, 0.717) is 30.1 Å². The van der Waals surface area contributed by atoms with Gasteiger partial charge in [0.2, 0.25) is 5.91 Å². The Morgan fingerprint density at radius 1 is 1.11 bits per heavy atom. The van der Waals surface area contributed by atoms with Crippen LogP contribution < -0.4 is 5.73 Å². The molecule has 2 bridgehead atoms. The number of piperidine rings is 1. The predicted octanol–water partition coefficient (Wildman–Crippen LogP) is 2.27. The fourth-order valence-corrected chi connectivity index (χ4v) is 7.34. The lowest BCUT2D eigenvalue weighted by Crippen LogP contribution is -2.47. The highest BCUT2D eigenvalue weighted by Gasteiger charge is 2.45. The molecule has 2 unspecified atom stereocenters. The van der Waals surface area contributed by atoms with Crippen LogP contribution in [0, 0.1) is 0 Å². The third-order valence-corrected chi connectivity index (χ3v) is 9.36. The van der Waals surface area contributed by atoms with Crippen LogP contribution in [-0.2, 0) is 14.6 Å². The molecule has 3 atom stereocenters. The standard InChI is InChI=1S/C25H30N6O4S/c1-36(34,35)23-22(16-9-17-6-7-18(10-16)30(17)21(33)13-32)29-25-19(12-28-31(25)24(23)26)15-5-8-20(27-11-15)14-3-2-4-14/h5,8,11-12,14,16-18,32H,2-4,6-7,9-10,13,26H2,1H3/t16?,17-,18?/m1/s1. The summed E-state index contributed by atoms with van der Waals surface area (Å²) in [5, 5.41) is 13.8. The van der Waals surface area contributed by atoms with Gasteiger partial charge < -0.3 is 15.7 Å². The minimum atomic E-state index is -3.70. The summed E-state index contributed by atoms with van der Waals surface area (Å²) in [7, 11) is -3.70. The summed E-state index contributed by atoms with van der Waals surface area (Å²) < 4.78 is 27.2. The van der Waals surface area contributed by atoms with Crippen molar-refractivity contribution in [1.29, 1.82) is 0 Å². The second kappa shape index (κ2) is 8.52. The van der Waals surface area contributed by atoms with Gasteiger partial charge in [0.25, 0.3) is 0 Å². The van der Waals surface area contributed by atoms with E-state index in [9.17, 15) is 18.3 Å². The number of sulfone groups is 1. The topological polar surface area (TPSA) is 144 Å². The first-order valence-electron chi connectivity index (χ1n) is 12.5. The molecule has 3 aromatic heterocycles. The van der Waals surface area contributed by atoms with Crippen molar-refractivity contribution >= 4 is 27.2 Å². The fraction of sp³-hybridized carbons (Fsp3) is 0.520. The Kier molecular flexibility index (Phi) is 5.52. The number of anilines is 1. The average Bonchev–Trinajstić information content (AvgIpc) is 3.35. The summed E-state index contributed by atoms with van der Waals surface area (Å²) in [6.45, 7) is -0.518. The van der Waals surface area contributed by atoms with Crippen LogP contribution in [-0.4, -0.2) is 68.9 Å². The maximum Gasteiger partial charge on any atom is 0.248 e. The first-order chi connectivity index (χ1) is 17.3. The number of rotatable bonds is 5. The molecule has 0 radical (unpaired) electrons. The number of aliphatic hydroxyl groups is 1. The Bertz CT molecular complexity index is 1430. The van der Waals surface area contributed by atoms with Crippen LogP contribution in [0.1, 0.15) is 68.2 Å². The molecule has 11 heteroatoms. The number of nitrogens with zero attached hydrogens (tertiary/aromatic N) is 5. The SMILES string of the molecule is CS(=O)(=O)c1c(C2CC3CC[C@H](C2)N3C(=O)CO)nc2c(-c3ccc(C4CCC4)nc3)cnn2c1N. The Labute approximate surface area is 209 Å². The van der Waals surface area contributed by atoms with Crippen LogP contribution in [0.5, 0.6) is 0 Å². The molecule has 5 heterocycles. The van der Waals surface area contributed by atoms with Gasteiger partial charge in [-0.2, -0.15) is 9.61 Å². The smallest absolute Gasteiger partial charge is 0.248 e. The minimum absolute atomic E-state index is 0.00874. The van der Waals surface area contributed by atoms with Crippen LogP contribution in [0.2, 0.25) is 0 Å². The molecule has 36 heavy (non-hydrogen) atoms. The Balaban J connectivity index is 1.44. The van der Waals surface area contributed by atoms with Gasteiger partial charge in [-0.15, -0.1) is 0 Å². The number of nitrogen functional groups attached to an aromatic ring is 1. The van der Waals surface area contributed by atoms with Crippen molar-refractivity contribution in [3.63, 3.8) is 0 Å². The number of hydrogen-bond acceptors (Lipinski definition) is 8. The van der Waals surface area contributed by atoms with Crippen LogP contribution in [0.25, 0.3) is 16.8 Å². The highest BCUT2D eigenvalue weighted by atomic mass is 32.2. The van der Waals surface area contributed by atoms with Gasteiger partial charge in [-0.05, 0) is 44.6 Å². The van der Waals surface area contributed by atoms with Crippen molar-refractivity contribution in [2.45, 2.75) is 73.8 Å². The first kappa shape index (κ1) is 23.4. The number of pyridine rings is 1. The summed E-state index contributed by atoms with van der Waals surface area (Å²) >= 11 is 0. The van der Waals surface area contributed by atoms with Gasteiger partial charge in [-0.25, -0.2) is 13.4 Å². The van der Waals surface area contributed by atoms with Gasteiger partial charge in [0, 0.05) is 53.2 Å². The second-order valence-corrected chi connectivity index (χ2v) is 12.3. The van der Waals surface area contributed by atoms with Crippen molar-refractivity contribution < 1.29 is 18.3 Å². The van der Waals surface area contributed by atoms with Crippen molar-refractivity contribution in [1.82, 2.24) is 24.5 Å². The molecule has 10 nitrogen and oxygen atoms in total. The number of hydrogen-bond donors (Lipinski definition) is 2. The molecule has 6 rings (SSSR count). The van der Waals surface area contributed by atoms with Crippen LogP contribution in [0.3, 0.4) is 0 Å². The van der Waals surface area contributed by atoms with Gasteiger partial charge in [-0.3, -0.25) is 9.78 Å². The number of fused-ring (bicyclic) bond motifs is 3. The van der Waals surface area contributed by atoms with Crippen LogP contribution >= 0.6 is 0 Å². The molecule has 0 aromatic carbocycles. The van der Waals surface area contributed by atoms with E-state index in [4.69, 9.17) is 10.7 Å². The fourth-order valence-electron chi connectivity index (χ4n) is 6.28. The van der Waals surface area contributed by atoms with E-state index in [1.807, 2.05) is 18.3 Å². The number of carbonyl (C=O) groups excluding carboxylic acids is 1. The predicted molar refractivity (Wildman–Crippen MR) is 133 cm³/mol. The van der Waals surface area contributed by atoms with Gasteiger partial charge in [0.15, 0.2) is 15.5 Å². The zero-order chi connectivity index (χ0) is 25.2. The number of aromatic nitrogens is 4. The van der Waals surface area contributed by atoms with Gasteiger partial charge >= 0.3 is 0 Å². The third kappa shape index (κ3) is 3.67. The summed E-state index contributed by atoms with van der Waals surface area (Å²) in [6.07, 6.45) is 11.0. The molecule has 1 amide bonds. The maximum atomic E-state index is 12.9. The van der Waals surface area contributed by atoms with Crippen molar-refractivity contribution in [2.75, 3.05) is 18.6 Å². The second-order valence-electron chi connectivity index (χ2n) is 10.4. The average molecular weight is 511 g/mol. The molecule has 3 aliphatic rings. The lowest BCUT2D eigenvalue weighted by atomic mass is 9.82. The highest BCUT2D eigenvalue weighted by molar-refractivity contribution is 7.91. The van der Waals surface area contributed by atoms with E-state index < -0.39 is 16.4 Å². The normalized spacial score (nSPS) is 24.3. The van der Waals surface area contributed by atoms with E-state index in [0.717, 1.165) is 35.9 Å². The van der Waals surface area contributed by atoms with Crippen LogP contribution in [0.15, 0.2) is 29.4 Å². The van der Waals surface area contributed by atoms with E-state index in [-0.39, 0.29) is 34.6 Å². The number of nitrogens with two attached hydrogens (primary N) is 1. The molecule has 1 saturated carbocycles. The van der Waals surface area contributed by atoms with Gasteiger partial charge in [-0.1, -0.05) is 12.5 Å². The largest absolute Gasteiger partial charge is 0.387 e. The molecule has 0 spiro atoms. The Morgan fingerprint density at radius 2 is 1.83 bits per heavy atom. The van der Waals surface area contributed by atoms with E-state index in [1.54, 1.807) is 11.1 Å². The molecule has 3 fully saturated rings. The molecule has 3 aromatic rings. The Morgan fingerprint density at radius 3 is 2.39 bits per heavy atom. The summed E-state index contributed by atoms with van der Waals surface area (Å²) in [5.74, 6) is 0.121. The van der Waals surface area contributed by atoms with Gasteiger partial charge in [0.1, 0.15) is 17.3 Å². The Hall–Kier alpha value is -3.05. The molecular weight excluding hydrogens is 480 g/mol. The lowest BCUT2D eigenvalue weighted by Gasteiger charge is -2.39. The third-order valence-electron chi connectivity index (χ3n) is 8.20. The summed E-state index contributed by atoms with van der Waals surface area (Å²) in [4.78, 5) is 23.7. The van der Waals surface area contributed by atoms with E-state index in [1.165, 1.54) is 23.8 Å². The molecule has 1 aliphatic carbocycles. The lowest BCUT2D eigenvalue weighted by molar-refractivity contribution is -0.138.